The number of allylic oxidation sites excluding steroid dienone is 3. The number of rotatable bonds is 5. The highest BCUT2D eigenvalue weighted by atomic mass is 32.2. The van der Waals surface area contributed by atoms with E-state index < -0.39 is 0 Å². The van der Waals surface area contributed by atoms with E-state index >= 15 is 0 Å². The van der Waals surface area contributed by atoms with E-state index in [9.17, 15) is 5.26 Å². The standard InChI is InChI=1S/C27H37NOS/c1-19-12-13-25(20(2)14-19)29-26-16-22(27(3,4)5)15-21(24(26)17-28)18-30-23-10-8-6-7-9-11-23/h12-14,16,21,23H,6-11,15,18H2,1-5H3. The molecule has 0 heterocycles. The molecule has 0 amide bonds. The third-order valence-corrected chi connectivity index (χ3v) is 7.95. The lowest BCUT2D eigenvalue weighted by Crippen LogP contribution is -2.23. The largest absolute Gasteiger partial charge is 0.456 e. The number of thioether (sulfide) groups is 1. The molecule has 1 aromatic carbocycles. The van der Waals surface area contributed by atoms with Crippen molar-refractivity contribution in [3.05, 3.63) is 52.3 Å². The van der Waals surface area contributed by atoms with Crippen molar-refractivity contribution < 1.29 is 4.74 Å². The highest BCUT2D eigenvalue weighted by molar-refractivity contribution is 7.99. The number of nitrogens with zero attached hydrogens (tertiary/aromatic N) is 1. The number of aryl methyl sites for hydroxylation is 2. The fourth-order valence-corrected chi connectivity index (χ4v) is 5.91. The molecule has 1 unspecified atom stereocenters. The maximum atomic E-state index is 10.1. The second-order valence-corrected chi connectivity index (χ2v) is 11.4. The van der Waals surface area contributed by atoms with Gasteiger partial charge in [0.05, 0.1) is 11.6 Å². The Labute approximate surface area is 187 Å². The molecule has 1 atom stereocenters. The molecule has 3 heteroatoms. The summed E-state index contributed by atoms with van der Waals surface area (Å²) in [6.45, 7) is 11.0. The number of ether oxygens (including phenoxy) is 1. The summed E-state index contributed by atoms with van der Waals surface area (Å²) >= 11 is 2.09. The van der Waals surface area contributed by atoms with Crippen LogP contribution in [0.2, 0.25) is 0 Å². The van der Waals surface area contributed by atoms with E-state index in [0.29, 0.717) is 0 Å². The Bertz CT molecular complexity index is 845. The van der Waals surface area contributed by atoms with Crippen molar-refractivity contribution in [3.63, 3.8) is 0 Å². The minimum atomic E-state index is 0.0726. The summed E-state index contributed by atoms with van der Waals surface area (Å²) in [4.78, 5) is 0. The van der Waals surface area contributed by atoms with Gasteiger partial charge in [0.2, 0.25) is 0 Å². The lowest BCUT2D eigenvalue weighted by atomic mass is 9.76. The van der Waals surface area contributed by atoms with E-state index in [1.54, 1.807) is 0 Å². The molecule has 0 aromatic heterocycles. The Morgan fingerprint density at radius 3 is 2.40 bits per heavy atom. The topological polar surface area (TPSA) is 33.0 Å². The Morgan fingerprint density at radius 1 is 1.10 bits per heavy atom. The van der Waals surface area contributed by atoms with Gasteiger partial charge in [0, 0.05) is 16.9 Å². The van der Waals surface area contributed by atoms with E-state index in [4.69, 9.17) is 4.74 Å². The zero-order valence-corrected chi connectivity index (χ0v) is 20.2. The second-order valence-electron chi connectivity index (χ2n) is 10.0. The summed E-state index contributed by atoms with van der Waals surface area (Å²) in [5.41, 5.74) is 4.61. The van der Waals surface area contributed by atoms with Crippen molar-refractivity contribution in [3.8, 4) is 11.8 Å². The SMILES string of the molecule is Cc1ccc(OC2=C(C#N)C(CSC3CCCCCC3)CC(C(C)(C)C)=C2)c(C)c1. The van der Waals surface area contributed by atoms with Crippen LogP contribution in [-0.4, -0.2) is 11.0 Å². The predicted molar refractivity (Wildman–Crippen MR) is 129 cm³/mol. The van der Waals surface area contributed by atoms with Crippen molar-refractivity contribution in [2.24, 2.45) is 11.3 Å². The summed E-state index contributed by atoms with van der Waals surface area (Å²) in [5, 5.41) is 10.8. The molecule has 0 aliphatic heterocycles. The second kappa shape index (κ2) is 10.1. The molecule has 162 valence electrons. The van der Waals surface area contributed by atoms with Gasteiger partial charge in [-0.2, -0.15) is 17.0 Å². The highest BCUT2D eigenvalue weighted by Gasteiger charge is 2.31. The van der Waals surface area contributed by atoms with Crippen LogP contribution in [0, 0.1) is 36.5 Å². The van der Waals surface area contributed by atoms with E-state index in [2.05, 4.69) is 70.7 Å². The Balaban J connectivity index is 1.86. The smallest absolute Gasteiger partial charge is 0.141 e. The first-order valence-electron chi connectivity index (χ1n) is 11.5. The molecule has 2 aliphatic rings. The molecule has 0 bridgehead atoms. The van der Waals surface area contributed by atoms with Crippen LogP contribution in [0.15, 0.2) is 41.2 Å². The van der Waals surface area contributed by atoms with Crippen LogP contribution in [0.25, 0.3) is 0 Å². The van der Waals surface area contributed by atoms with Gasteiger partial charge in [-0.25, -0.2) is 0 Å². The van der Waals surface area contributed by atoms with Gasteiger partial charge in [-0.1, -0.05) is 69.7 Å². The zero-order chi connectivity index (χ0) is 21.7. The maximum absolute atomic E-state index is 10.1. The van der Waals surface area contributed by atoms with Crippen LogP contribution in [0.4, 0.5) is 0 Å². The van der Waals surface area contributed by atoms with Crippen LogP contribution >= 0.6 is 11.8 Å². The molecule has 1 aromatic rings. The average molecular weight is 424 g/mol. The van der Waals surface area contributed by atoms with Gasteiger partial charge >= 0.3 is 0 Å². The van der Waals surface area contributed by atoms with Gasteiger partial charge < -0.3 is 4.74 Å². The minimum Gasteiger partial charge on any atom is -0.456 e. The fraction of sp³-hybridized carbons (Fsp3) is 0.593. The van der Waals surface area contributed by atoms with Crippen molar-refractivity contribution >= 4 is 11.8 Å². The first kappa shape index (κ1) is 23.0. The Morgan fingerprint density at radius 2 is 1.80 bits per heavy atom. The van der Waals surface area contributed by atoms with Gasteiger partial charge in [0.25, 0.3) is 0 Å². The molecule has 0 radical (unpaired) electrons. The van der Waals surface area contributed by atoms with Crippen LogP contribution in [-0.2, 0) is 0 Å². The summed E-state index contributed by atoms with van der Waals surface area (Å²) in [6.07, 6.45) is 11.3. The molecular weight excluding hydrogens is 386 g/mol. The number of benzene rings is 1. The van der Waals surface area contributed by atoms with Crippen LogP contribution < -0.4 is 4.74 Å². The van der Waals surface area contributed by atoms with Crippen molar-refractivity contribution in [2.75, 3.05) is 5.75 Å². The van der Waals surface area contributed by atoms with Crippen LogP contribution in [0.5, 0.6) is 5.75 Å². The van der Waals surface area contributed by atoms with Gasteiger partial charge in [-0.15, -0.1) is 0 Å². The predicted octanol–water partition coefficient (Wildman–Crippen LogP) is 7.91. The fourth-order valence-electron chi connectivity index (χ4n) is 4.45. The maximum Gasteiger partial charge on any atom is 0.141 e. The van der Waals surface area contributed by atoms with Gasteiger partial charge in [-0.05, 0) is 56.2 Å². The molecule has 1 fully saturated rings. The lowest BCUT2D eigenvalue weighted by molar-refractivity contribution is 0.398. The molecule has 1 saturated carbocycles. The summed E-state index contributed by atoms with van der Waals surface area (Å²) < 4.78 is 6.38. The van der Waals surface area contributed by atoms with Crippen LogP contribution in [0.3, 0.4) is 0 Å². The number of nitriles is 1. The monoisotopic (exact) mass is 423 g/mol. The lowest BCUT2D eigenvalue weighted by Gasteiger charge is -2.32. The number of hydrogen-bond donors (Lipinski definition) is 0. The van der Waals surface area contributed by atoms with Crippen molar-refractivity contribution in [1.29, 1.82) is 5.26 Å². The molecule has 2 nitrogen and oxygen atoms in total. The van der Waals surface area contributed by atoms with E-state index in [-0.39, 0.29) is 11.3 Å². The Hall–Kier alpha value is -1.66. The molecular formula is C27H37NOS. The first-order valence-corrected chi connectivity index (χ1v) is 12.5. The first-order chi connectivity index (χ1) is 14.3. The summed E-state index contributed by atoms with van der Waals surface area (Å²) in [6, 6.07) is 8.77. The van der Waals surface area contributed by atoms with Gasteiger partial charge in [0.1, 0.15) is 11.5 Å². The highest BCUT2D eigenvalue weighted by Crippen LogP contribution is 2.41. The van der Waals surface area contributed by atoms with Gasteiger partial charge in [-0.3, -0.25) is 0 Å². The van der Waals surface area contributed by atoms with Gasteiger partial charge in [0.15, 0.2) is 0 Å². The third kappa shape index (κ3) is 5.94. The molecule has 0 spiro atoms. The molecule has 0 N–H and O–H groups in total. The van der Waals surface area contributed by atoms with E-state index in [1.165, 1.54) is 49.7 Å². The van der Waals surface area contributed by atoms with Crippen molar-refractivity contribution in [1.82, 2.24) is 0 Å². The third-order valence-electron chi connectivity index (χ3n) is 6.41. The van der Waals surface area contributed by atoms with Crippen molar-refractivity contribution in [2.45, 2.75) is 84.8 Å². The average Bonchev–Trinajstić information content (AvgIpc) is 2.96. The van der Waals surface area contributed by atoms with Crippen LogP contribution in [0.1, 0.15) is 76.8 Å². The Kier molecular flexibility index (Phi) is 7.75. The summed E-state index contributed by atoms with van der Waals surface area (Å²) in [5.74, 6) is 2.86. The molecule has 2 aliphatic carbocycles. The zero-order valence-electron chi connectivity index (χ0n) is 19.4. The number of hydrogen-bond acceptors (Lipinski definition) is 3. The van der Waals surface area contributed by atoms with E-state index in [1.807, 2.05) is 6.07 Å². The minimum absolute atomic E-state index is 0.0726. The normalized spacial score (nSPS) is 21.1. The molecule has 3 rings (SSSR count). The quantitative estimate of drug-likeness (QED) is 0.451. The van der Waals surface area contributed by atoms with E-state index in [0.717, 1.165) is 40.1 Å². The summed E-state index contributed by atoms with van der Waals surface area (Å²) in [7, 11) is 0. The molecule has 30 heavy (non-hydrogen) atoms. The molecule has 0 saturated heterocycles.